The van der Waals surface area contributed by atoms with Gasteiger partial charge in [0.25, 0.3) is 0 Å². The molecule has 0 radical (unpaired) electrons. The SMILES string of the molecule is FC(F)(F)c1cccc([C@H]2[NH2+]Cc3ccccc3-n3cccc32)c1. The Kier molecular flexibility index (Phi) is 3.46. The molecule has 122 valence electrons. The second-order valence-corrected chi connectivity index (χ2v) is 5.97. The van der Waals surface area contributed by atoms with Crippen molar-refractivity contribution in [2.75, 3.05) is 0 Å². The van der Waals surface area contributed by atoms with Crippen LogP contribution in [-0.2, 0) is 12.7 Å². The van der Waals surface area contributed by atoms with E-state index in [4.69, 9.17) is 0 Å². The molecule has 2 heterocycles. The molecule has 2 N–H and O–H groups in total. The molecule has 24 heavy (non-hydrogen) atoms. The maximum atomic E-state index is 13.1. The monoisotopic (exact) mass is 329 g/mol. The Balaban J connectivity index is 1.82. The number of nitrogens with two attached hydrogens (primary N) is 1. The van der Waals surface area contributed by atoms with Crippen LogP contribution >= 0.6 is 0 Å². The fourth-order valence-electron chi connectivity index (χ4n) is 3.37. The summed E-state index contributed by atoms with van der Waals surface area (Å²) in [5.41, 5.74) is 3.30. The number of hydrogen-bond acceptors (Lipinski definition) is 0. The highest BCUT2D eigenvalue weighted by Gasteiger charge is 2.32. The van der Waals surface area contributed by atoms with Gasteiger partial charge in [-0.3, -0.25) is 0 Å². The summed E-state index contributed by atoms with van der Waals surface area (Å²) >= 11 is 0. The average Bonchev–Trinajstić information content (AvgIpc) is 2.99. The molecule has 0 saturated heterocycles. The zero-order valence-corrected chi connectivity index (χ0v) is 12.8. The molecule has 1 aliphatic heterocycles. The van der Waals surface area contributed by atoms with Crippen molar-refractivity contribution in [3.8, 4) is 5.69 Å². The Morgan fingerprint density at radius 2 is 1.79 bits per heavy atom. The lowest BCUT2D eigenvalue weighted by Gasteiger charge is -2.16. The molecule has 1 atom stereocenters. The van der Waals surface area contributed by atoms with Gasteiger partial charge in [0, 0.05) is 17.3 Å². The predicted octanol–water partition coefficient (Wildman–Crippen LogP) is 3.66. The normalized spacial score (nSPS) is 17.0. The molecule has 0 aliphatic carbocycles. The molecule has 0 spiro atoms. The summed E-state index contributed by atoms with van der Waals surface area (Å²) in [5, 5.41) is 2.09. The van der Waals surface area contributed by atoms with Crippen molar-refractivity contribution in [1.82, 2.24) is 4.57 Å². The Bertz CT molecular complexity index is 880. The van der Waals surface area contributed by atoms with Crippen LogP contribution in [0.1, 0.15) is 28.4 Å². The van der Waals surface area contributed by atoms with E-state index in [0.717, 1.165) is 24.0 Å². The first kappa shape index (κ1) is 15.0. The van der Waals surface area contributed by atoms with Gasteiger partial charge in [0.2, 0.25) is 0 Å². The topological polar surface area (TPSA) is 21.5 Å². The number of hydrogen-bond donors (Lipinski definition) is 1. The highest BCUT2D eigenvalue weighted by Crippen LogP contribution is 2.32. The number of para-hydroxylation sites is 1. The van der Waals surface area contributed by atoms with E-state index in [2.05, 4.69) is 16.0 Å². The van der Waals surface area contributed by atoms with Gasteiger partial charge in [0.05, 0.1) is 16.9 Å². The molecule has 0 saturated carbocycles. The summed E-state index contributed by atoms with van der Waals surface area (Å²) < 4.78 is 41.2. The van der Waals surface area contributed by atoms with Gasteiger partial charge in [-0.2, -0.15) is 13.2 Å². The lowest BCUT2D eigenvalue weighted by Crippen LogP contribution is -2.83. The van der Waals surface area contributed by atoms with Crippen LogP contribution in [0, 0.1) is 0 Å². The van der Waals surface area contributed by atoms with Crippen LogP contribution in [0.25, 0.3) is 5.69 Å². The first-order valence-corrected chi connectivity index (χ1v) is 7.80. The standard InChI is InChI=1S/C19H15F3N2/c20-19(21,22)15-7-3-6-13(11-15)18-17-9-4-10-24(17)16-8-2-1-5-14(16)12-23-18/h1-11,18,23H,12H2/p+1/t18-/m1/s1. The summed E-state index contributed by atoms with van der Waals surface area (Å²) in [7, 11) is 0. The molecule has 2 aromatic carbocycles. The fourth-order valence-corrected chi connectivity index (χ4v) is 3.37. The van der Waals surface area contributed by atoms with E-state index >= 15 is 0 Å². The molecule has 1 aromatic heterocycles. The lowest BCUT2D eigenvalue weighted by molar-refractivity contribution is -0.702. The Labute approximate surface area is 137 Å². The van der Waals surface area contributed by atoms with Gasteiger partial charge in [0.1, 0.15) is 6.54 Å². The number of quaternary nitrogens is 1. The van der Waals surface area contributed by atoms with Gasteiger partial charge in [0.15, 0.2) is 6.04 Å². The van der Waals surface area contributed by atoms with Crippen LogP contribution in [0.15, 0.2) is 66.9 Å². The number of aromatic nitrogens is 1. The van der Waals surface area contributed by atoms with Crippen molar-refractivity contribution in [2.24, 2.45) is 0 Å². The Morgan fingerprint density at radius 1 is 0.958 bits per heavy atom. The highest BCUT2D eigenvalue weighted by atomic mass is 19.4. The number of alkyl halides is 3. The second kappa shape index (κ2) is 5.53. The van der Waals surface area contributed by atoms with E-state index in [1.54, 1.807) is 6.07 Å². The van der Waals surface area contributed by atoms with Crippen LogP contribution in [0.3, 0.4) is 0 Å². The van der Waals surface area contributed by atoms with E-state index < -0.39 is 11.7 Å². The van der Waals surface area contributed by atoms with Gasteiger partial charge in [-0.05, 0) is 30.3 Å². The van der Waals surface area contributed by atoms with Crippen molar-refractivity contribution in [1.29, 1.82) is 0 Å². The molecule has 0 bridgehead atoms. The fraction of sp³-hybridized carbons (Fsp3) is 0.158. The highest BCUT2D eigenvalue weighted by molar-refractivity contribution is 5.45. The minimum Gasteiger partial charge on any atom is -0.331 e. The van der Waals surface area contributed by atoms with Gasteiger partial charge < -0.3 is 9.88 Å². The van der Waals surface area contributed by atoms with E-state index in [1.165, 1.54) is 17.7 Å². The average molecular weight is 329 g/mol. The second-order valence-electron chi connectivity index (χ2n) is 5.97. The summed E-state index contributed by atoms with van der Waals surface area (Å²) in [6.45, 7) is 0.721. The number of fused-ring (bicyclic) bond motifs is 3. The molecule has 4 rings (SSSR count). The summed E-state index contributed by atoms with van der Waals surface area (Å²) in [4.78, 5) is 0. The van der Waals surface area contributed by atoms with E-state index in [-0.39, 0.29) is 6.04 Å². The third-order valence-corrected chi connectivity index (χ3v) is 4.50. The van der Waals surface area contributed by atoms with Gasteiger partial charge in [-0.15, -0.1) is 0 Å². The van der Waals surface area contributed by atoms with Crippen LogP contribution in [0.2, 0.25) is 0 Å². The number of rotatable bonds is 1. The molecule has 5 heteroatoms. The quantitative estimate of drug-likeness (QED) is 0.704. The molecule has 0 amide bonds. The van der Waals surface area contributed by atoms with E-state index in [9.17, 15) is 13.2 Å². The molecule has 1 aliphatic rings. The first-order valence-electron chi connectivity index (χ1n) is 7.80. The molecule has 2 nitrogen and oxygen atoms in total. The van der Waals surface area contributed by atoms with Crippen LogP contribution in [0.4, 0.5) is 13.2 Å². The minimum absolute atomic E-state index is 0.172. The van der Waals surface area contributed by atoms with E-state index in [0.29, 0.717) is 5.56 Å². The maximum absolute atomic E-state index is 13.1. The Hall–Kier alpha value is -2.53. The Morgan fingerprint density at radius 3 is 2.62 bits per heavy atom. The molecule has 0 unspecified atom stereocenters. The van der Waals surface area contributed by atoms with Crippen LogP contribution in [-0.4, -0.2) is 4.57 Å². The third kappa shape index (κ3) is 2.51. The molecular formula is C19H16F3N2+. The zero-order chi connectivity index (χ0) is 16.7. The zero-order valence-electron chi connectivity index (χ0n) is 12.8. The van der Waals surface area contributed by atoms with Crippen LogP contribution < -0.4 is 5.32 Å². The molecule has 0 fully saturated rings. The smallest absolute Gasteiger partial charge is 0.331 e. The maximum Gasteiger partial charge on any atom is 0.416 e. The predicted molar refractivity (Wildman–Crippen MR) is 84.7 cm³/mol. The third-order valence-electron chi connectivity index (χ3n) is 4.50. The van der Waals surface area contributed by atoms with Gasteiger partial charge in [-0.1, -0.05) is 30.3 Å². The first-order chi connectivity index (χ1) is 11.5. The van der Waals surface area contributed by atoms with Gasteiger partial charge in [-0.25, -0.2) is 0 Å². The van der Waals surface area contributed by atoms with Crippen molar-refractivity contribution >= 4 is 0 Å². The summed E-state index contributed by atoms with van der Waals surface area (Å²) in [5.74, 6) is 0. The lowest BCUT2D eigenvalue weighted by atomic mass is 10.0. The van der Waals surface area contributed by atoms with Gasteiger partial charge >= 0.3 is 6.18 Å². The molecule has 3 aromatic rings. The number of halogens is 3. The van der Waals surface area contributed by atoms with E-state index in [1.807, 2.05) is 36.5 Å². The number of nitrogens with zero attached hydrogens (tertiary/aromatic N) is 1. The summed E-state index contributed by atoms with van der Waals surface area (Å²) in [6.07, 6.45) is -2.36. The molecular weight excluding hydrogens is 313 g/mol. The van der Waals surface area contributed by atoms with Crippen molar-refractivity contribution in [3.05, 3.63) is 89.2 Å². The van der Waals surface area contributed by atoms with Crippen molar-refractivity contribution < 1.29 is 18.5 Å². The van der Waals surface area contributed by atoms with Crippen LogP contribution in [0.5, 0.6) is 0 Å². The summed E-state index contributed by atoms with van der Waals surface area (Å²) in [6, 6.07) is 17.4. The van der Waals surface area contributed by atoms with Crippen molar-refractivity contribution in [3.63, 3.8) is 0 Å². The number of benzene rings is 2. The minimum atomic E-state index is -4.33. The van der Waals surface area contributed by atoms with Crippen molar-refractivity contribution in [2.45, 2.75) is 18.8 Å². The largest absolute Gasteiger partial charge is 0.416 e.